The lowest BCUT2D eigenvalue weighted by atomic mass is 9.92. The zero-order chi connectivity index (χ0) is 20.4. The third-order valence-corrected chi connectivity index (χ3v) is 5.63. The summed E-state index contributed by atoms with van der Waals surface area (Å²) in [4.78, 5) is 19.3. The van der Waals surface area contributed by atoms with Crippen LogP contribution in [0, 0.1) is 19.7 Å². The van der Waals surface area contributed by atoms with Gasteiger partial charge in [-0.25, -0.2) is 4.39 Å². The van der Waals surface area contributed by atoms with Crippen LogP contribution in [-0.4, -0.2) is 34.0 Å². The minimum atomic E-state index is -0.323. The second kappa shape index (κ2) is 8.15. The minimum absolute atomic E-state index is 0.0222. The molecule has 0 bridgehead atoms. The molecule has 0 saturated carbocycles. The van der Waals surface area contributed by atoms with E-state index in [-0.39, 0.29) is 18.1 Å². The number of hydrogen-bond acceptors (Lipinski definition) is 4. The number of carbonyl (C=O) groups excluding carboxylic acids is 1. The van der Waals surface area contributed by atoms with E-state index in [0.29, 0.717) is 24.6 Å². The third-order valence-electron chi connectivity index (χ3n) is 5.63. The first-order valence-electron chi connectivity index (χ1n) is 9.94. The van der Waals surface area contributed by atoms with Gasteiger partial charge in [0.15, 0.2) is 0 Å². The zero-order valence-corrected chi connectivity index (χ0v) is 16.7. The molecule has 3 heterocycles. The lowest BCUT2D eigenvalue weighted by molar-refractivity contribution is -0.131. The highest BCUT2D eigenvalue weighted by molar-refractivity contribution is 5.79. The summed E-state index contributed by atoms with van der Waals surface area (Å²) in [7, 11) is 0. The predicted molar refractivity (Wildman–Crippen MR) is 108 cm³/mol. The molecule has 1 fully saturated rings. The largest absolute Gasteiger partial charge is 0.361 e. The number of hydrogen-bond donors (Lipinski definition) is 0. The van der Waals surface area contributed by atoms with Crippen LogP contribution in [0.3, 0.4) is 0 Å². The van der Waals surface area contributed by atoms with Crippen LogP contribution < -0.4 is 0 Å². The second-order valence-corrected chi connectivity index (χ2v) is 7.57. The van der Waals surface area contributed by atoms with Gasteiger partial charge in [-0.2, -0.15) is 0 Å². The molecule has 29 heavy (non-hydrogen) atoms. The Morgan fingerprint density at radius 1 is 1.14 bits per heavy atom. The van der Waals surface area contributed by atoms with Crippen molar-refractivity contribution in [2.24, 2.45) is 0 Å². The molecule has 1 saturated heterocycles. The molecular formula is C23H24FN3O2. The predicted octanol–water partition coefficient (Wildman–Crippen LogP) is 4.44. The number of pyridine rings is 1. The van der Waals surface area contributed by atoms with Crippen LogP contribution >= 0.6 is 0 Å². The van der Waals surface area contributed by atoms with E-state index in [2.05, 4.69) is 5.16 Å². The number of piperidine rings is 1. The van der Waals surface area contributed by atoms with Gasteiger partial charge in [-0.3, -0.25) is 9.78 Å². The Kier molecular flexibility index (Phi) is 5.43. The fraction of sp³-hybridized carbons (Fsp3) is 0.348. The molecule has 1 aliphatic rings. The van der Waals surface area contributed by atoms with Crippen LogP contribution in [0.2, 0.25) is 0 Å². The molecule has 0 unspecified atom stereocenters. The maximum Gasteiger partial charge on any atom is 0.227 e. The minimum Gasteiger partial charge on any atom is -0.361 e. The molecule has 1 amide bonds. The average Bonchev–Trinajstić information content (AvgIpc) is 3.08. The maximum absolute atomic E-state index is 13.8. The standard InChI is InChI=1S/C23H24FN3O2/c1-15-23(16(2)29-26-15)21-9-5-8-20(25-21)17-10-12-27(13-11-17)22(28)14-18-6-3-4-7-19(18)24/h3-9,17H,10-14H2,1-2H3. The number of benzene rings is 1. The monoisotopic (exact) mass is 393 g/mol. The lowest BCUT2D eigenvalue weighted by Crippen LogP contribution is -2.39. The molecule has 1 aromatic carbocycles. The number of carbonyl (C=O) groups is 1. The van der Waals surface area contributed by atoms with Crippen LogP contribution in [0.1, 0.15) is 41.5 Å². The van der Waals surface area contributed by atoms with E-state index in [9.17, 15) is 9.18 Å². The van der Waals surface area contributed by atoms with Crippen molar-refractivity contribution < 1.29 is 13.7 Å². The Labute approximate surface area is 169 Å². The third kappa shape index (κ3) is 4.06. The summed E-state index contributed by atoms with van der Waals surface area (Å²) >= 11 is 0. The molecule has 1 aliphatic heterocycles. The van der Waals surface area contributed by atoms with Gasteiger partial charge in [0.1, 0.15) is 11.6 Å². The highest BCUT2D eigenvalue weighted by atomic mass is 19.1. The van der Waals surface area contributed by atoms with E-state index in [4.69, 9.17) is 9.51 Å². The van der Waals surface area contributed by atoms with E-state index in [1.54, 1.807) is 18.2 Å². The van der Waals surface area contributed by atoms with Gasteiger partial charge in [0, 0.05) is 24.7 Å². The van der Waals surface area contributed by atoms with Crippen molar-refractivity contribution in [2.45, 2.75) is 39.0 Å². The summed E-state index contributed by atoms with van der Waals surface area (Å²) in [6, 6.07) is 12.5. The Morgan fingerprint density at radius 3 is 2.59 bits per heavy atom. The quantitative estimate of drug-likeness (QED) is 0.657. The van der Waals surface area contributed by atoms with E-state index in [1.807, 2.05) is 36.9 Å². The van der Waals surface area contributed by atoms with Gasteiger partial charge in [0.25, 0.3) is 0 Å². The highest BCUT2D eigenvalue weighted by Crippen LogP contribution is 2.30. The summed E-state index contributed by atoms with van der Waals surface area (Å²) in [5.74, 6) is 0.718. The van der Waals surface area contributed by atoms with Crippen molar-refractivity contribution >= 4 is 5.91 Å². The first kappa shape index (κ1) is 19.3. The number of amides is 1. The Hall–Kier alpha value is -3.02. The SMILES string of the molecule is Cc1noc(C)c1-c1cccc(C2CCN(C(=O)Cc3ccccc3F)CC2)n1. The fourth-order valence-electron chi connectivity index (χ4n) is 4.01. The molecule has 0 N–H and O–H groups in total. The molecule has 0 radical (unpaired) electrons. The van der Waals surface area contributed by atoms with Crippen LogP contribution in [0.4, 0.5) is 4.39 Å². The van der Waals surface area contributed by atoms with Gasteiger partial charge >= 0.3 is 0 Å². The van der Waals surface area contributed by atoms with E-state index < -0.39 is 0 Å². The molecule has 4 rings (SSSR count). The summed E-state index contributed by atoms with van der Waals surface area (Å²) in [6.45, 7) is 5.13. The molecule has 5 nitrogen and oxygen atoms in total. The fourth-order valence-corrected chi connectivity index (χ4v) is 4.01. The molecule has 6 heteroatoms. The zero-order valence-electron chi connectivity index (χ0n) is 16.7. The second-order valence-electron chi connectivity index (χ2n) is 7.57. The lowest BCUT2D eigenvalue weighted by Gasteiger charge is -2.32. The van der Waals surface area contributed by atoms with Crippen molar-refractivity contribution in [3.05, 3.63) is 71.0 Å². The number of aromatic nitrogens is 2. The molecular weight excluding hydrogens is 369 g/mol. The van der Waals surface area contributed by atoms with E-state index >= 15 is 0 Å². The van der Waals surface area contributed by atoms with Crippen molar-refractivity contribution in [3.63, 3.8) is 0 Å². The van der Waals surface area contributed by atoms with Gasteiger partial charge in [-0.05, 0) is 50.5 Å². The first-order valence-corrected chi connectivity index (χ1v) is 9.94. The van der Waals surface area contributed by atoms with Crippen LogP contribution in [0.5, 0.6) is 0 Å². The number of halogens is 1. The van der Waals surface area contributed by atoms with Crippen LogP contribution in [0.15, 0.2) is 47.0 Å². The van der Waals surface area contributed by atoms with E-state index in [1.165, 1.54) is 6.07 Å². The van der Waals surface area contributed by atoms with Crippen molar-refractivity contribution in [1.82, 2.24) is 15.0 Å². The number of likely N-dealkylation sites (tertiary alicyclic amines) is 1. The molecule has 3 aromatic rings. The summed E-state index contributed by atoms with van der Waals surface area (Å²) in [5.41, 5.74) is 4.14. The smallest absolute Gasteiger partial charge is 0.227 e. The normalized spacial score (nSPS) is 14.9. The summed E-state index contributed by atoms with van der Waals surface area (Å²) < 4.78 is 19.1. The first-order chi connectivity index (χ1) is 14.0. The Morgan fingerprint density at radius 2 is 1.90 bits per heavy atom. The number of rotatable bonds is 4. The molecule has 0 aliphatic carbocycles. The Bertz CT molecular complexity index is 1000. The van der Waals surface area contributed by atoms with Gasteiger partial charge in [0.2, 0.25) is 5.91 Å². The van der Waals surface area contributed by atoms with Gasteiger partial charge < -0.3 is 9.42 Å². The van der Waals surface area contributed by atoms with Gasteiger partial charge in [0.05, 0.1) is 23.4 Å². The van der Waals surface area contributed by atoms with Crippen molar-refractivity contribution in [1.29, 1.82) is 0 Å². The molecule has 2 aromatic heterocycles. The van der Waals surface area contributed by atoms with Gasteiger partial charge in [-0.15, -0.1) is 0 Å². The molecule has 0 atom stereocenters. The Balaban J connectivity index is 1.42. The van der Waals surface area contributed by atoms with Crippen LogP contribution in [0.25, 0.3) is 11.3 Å². The van der Waals surface area contributed by atoms with Gasteiger partial charge in [-0.1, -0.05) is 29.4 Å². The van der Waals surface area contributed by atoms with Crippen molar-refractivity contribution in [3.8, 4) is 11.3 Å². The van der Waals surface area contributed by atoms with Crippen LogP contribution in [-0.2, 0) is 11.2 Å². The topological polar surface area (TPSA) is 59.2 Å². The number of nitrogens with zero attached hydrogens (tertiary/aromatic N) is 3. The van der Waals surface area contributed by atoms with Crippen molar-refractivity contribution in [2.75, 3.05) is 13.1 Å². The maximum atomic E-state index is 13.8. The van der Waals surface area contributed by atoms with E-state index in [0.717, 1.165) is 41.2 Å². The number of aryl methyl sites for hydroxylation is 2. The highest BCUT2D eigenvalue weighted by Gasteiger charge is 2.25. The summed E-state index contributed by atoms with van der Waals surface area (Å²) in [6.07, 6.45) is 1.80. The summed E-state index contributed by atoms with van der Waals surface area (Å²) in [5, 5.41) is 4.02. The molecule has 0 spiro atoms. The average molecular weight is 393 g/mol. The molecule has 150 valence electrons.